The maximum absolute atomic E-state index is 3.53. The first-order valence-electron chi connectivity index (χ1n) is 7.63. The molecule has 106 valence electrons. The van der Waals surface area contributed by atoms with Crippen LogP contribution in [0.3, 0.4) is 0 Å². The molecule has 2 rings (SSSR count). The molecule has 1 nitrogen and oxygen atoms in total. The van der Waals surface area contributed by atoms with Crippen molar-refractivity contribution in [2.75, 3.05) is 5.32 Å². The maximum Gasteiger partial charge on any atom is 0.0443 e. The number of hydrogen-bond donors (Lipinski definition) is 1. The van der Waals surface area contributed by atoms with Crippen LogP contribution >= 0.6 is 0 Å². The first-order chi connectivity index (χ1) is 9.70. The normalized spacial score (nSPS) is 10.6. The Bertz CT molecular complexity index is 520. The Morgan fingerprint density at radius 1 is 0.850 bits per heavy atom. The maximum atomic E-state index is 3.53. The van der Waals surface area contributed by atoms with Gasteiger partial charge in [0.15, 0.2) is 0 Å². The Kier molecular flexibility index (Phi) is 5.23. The SMILES string of the molecule is CCCCCc1ccc(Nc2c(C)cccc2C)cc1. The van der Waals surface area contributed by atoms with Crippen molar-refractivity contribution >= 4 is 11.4 Å². The lowest BCUT2D eigenvalue weighted by molar-refractivity contribution is 0.717. The summed E-state index contributed by atoms with van der Waals surface area (Å²) in [6.45, 7) is 6.54. The second-order valence-electron chi connectivity index (χ2n) is 5.55. The molecule has 0 saturated carbocycles. The highest BCUT2D eigenvalue weighted by molar-refractivity contribution is 5.66. The molecule has 0 atom stereocenters. The van der Waals surface area contributed by atoms with Crippen LogP contribution in [0.2, 0.25) is 0 Å². The van der Waals surface area contributed by atoms with Crippen LogP contribution in [0.15, 0.2) is 42.5 Å². The van der Waals surface area contributed by atoms with Gasteiger partial charge in [-0.2, -0.15) is 0 Å². The summed E-state index contributed by atoms with van der Waals surface area (Å²) >= 11 is 0. The highest BCUT2D eigenvalue weighted by atomic mass is 14.9. The molecule has 0 unspecified atom stereocenters. The van der Waals surface area contributed by atoms with Crippen LogP contribution in [0.25, 0.3) is 0 Å². The van der Waals surface area contributed by atoms with E-state index in [0.29, 0.717) is 0 Å². The number of unbranched alkanes of at least 4 members (excludes halogenated alkanes) is 2. The van der Waals surface area contributed by atoms with Crippen LogP contribution in [0.1, 0.15) is 42.9 Å². The van der Waals surface area contributed by atoms with Gasteiger partial charge in [-0.05, 0) is 55.5 Å². The molecule has 0 aliphatic rings. The van der Waals surface area contributed by atoms with E-state index in [2.05, 4.69) is 68.6 Å². The number of rotatable bonds is 6. The van der Waals surface area contributed by atoms with Crippen molar-refractivity contribution in [1.29, 1.82) is 0 Å². The van der Waals surface area contributed by atoms with Crippen molar-refractivity contribution in [2.45, 2.75) is 46.5 Å². The van der Waals surface area contributed by atoms with Gasteiger partial charge in [0, 0.05) is 11.4 Å². The van der Waals surface area contributed by atoms with Crippen molar-refractivity contribution in [3.63, 3.8) is 0 Å². The van der Waals surface area contributed by atoms with E-state index in [1.165, 1.54) is 53.7 Å². The van der Waals surface area contributed by atoms with E-state index in [1.807, 2.05) is 0 Å². The summed E-state index contributed by atoms with van der Waals surface area (Å²) in [4.78, 5) is 0. The zero-order valence-electron chi connectivity index (χ0n) is 12.9. The third-order valence-corrected chi connectivity index (χ3v) is 3.77. The lowest BCUT2D eigenvalue weighted by Crippen LogP contribution is -1.96. The molecular weight excluding hydrogens is 242 g/mol. The average Bonchev–Trinajstić information content (AvgIpc) is 2.45. The monoisotopic (exact) mass is 267 g/mol. The standard InChI is InChI=1S/C19H25N/c1-4-5-6-10-17-11-13-18(14-12-17)20-19-15(2)8-7-9-16(19)3/h7-9,11-14,20H,4-6,10H2,1-3H3. The molecule has 0 bridgehead atoms. The van der Waals surface area contributed by atoms with Crippen molar-refractivity contribution in [2.24, 2.45) is 0 Å². The van der Waals surface area contributed by atoms with Gasteiger partial charge in [0.05, 0.1) is 0 Å². The molecule has 0 saturated heterocycles. The predicted molar refractivity (Wildman–Crippen MR) is 88.9 cm³/mol. The number of hydrogen-bond acceptors (Lipinski definition) is 1. The summed E-state index contributed by atoms with van der Waals surface area (Å²) in [6, 6.07) is 15.3. The summed E-state index contributed by atoms with van der Waals surface area (Å²) in [7, 11) is 0. The van der Waals surface area contributed by atoms with Gasteiger partial charge in [0.1, 0.15) is 0 Å². The predicted octanol–water partition coefficient (Wildman–Crippen LogP) is 5.78. The lowest BCUT2D eigenvalue weighted by atomic mass is 10.1. The molecule has 1 N–H and O–H groups in total. The molecule has 0 heterocycles. The van der Waals surface area contributed by atoms with Gasteiger partial charge in [-0.15, -0.1) is 0 Å². The number of aryl methyl sites for hydroxylation is 3. The Morgan fingerprint density at radius 2 is 1.50 bits per heavy atom. The molecule has 0 aliphatic heterocycles. The second-order valence-corrected chi connectivity index (χ2v) is 5.55. The van der Waals surface area contributed by atoms with Crippen LogP contribution < -0.4 is 5.32 Å². The zero-order valence-corrected chi connectivity index (χ0v) is 12.9. The van der Waals surface area contributed by atoms with Crippen LogP contribution in [-0.4, -0.2) is 0 Å². The highest BCUT2D eigenvalue weighted by Crippen LogP contribution is 2.24. The van der Waals surface area contributed by atoms with Crippen molar-refractivity contribution in [3.8, 4) is 0 Å². The van der Waals surface area contributed by atoms with Gasteiger partial charge in [0.25, 0.3) is 0 Å². The molecule has 20 heavy (non-hydrogen) atoms. The third-order valence-electron chi connectivity index (χ3n) is 3.77. The van der Waals surface area contributed by atoms with Gasteiger partial charge in [-0.25, -0.2) is 0 Å². The fourth-order valence-electron chi connectivity index (χ4n) is 2.49. The minimum absolute atomic E-state index is 1.17. The van der Waals surface area contributed by atoms with Gasteiger partial charge in [-0.3, -0.25) is 0 Å². The van der Waals surface area contributed by atoms with Crippen molar-refractivity contribution in [3.05, 3.63) is 59.2 Å². The highest BCUT2D eigenvalue weighted by Gasteiger charge is 2.02. The molecule has 0 amide bonds. The van der Waals surface area contributed by atoms with Crippen molar-refractivity contribution < 1.29 is 0 Å². The van der Waals surface area contributed by atoms with Crippen molar-refractivity contribution in [1.82, 2.24) is 0 Å². The Labute approximate surface area is 123 Å². The second kappa shape index (κ2) is 7.14. The topological polar surface area (TPSA) is 12.0 Å². The average molecular weight is 267 g/mol. The fourth-order valence-corrected chi connectivity index (χ4v) is 2.49. The minimum atomic E-state index is 1.17. The Balaban J connectivity index is 2.03. The van der Waals surface area contributed by atoms with E-state index in [1.54, 1.807) is 0 Å². The smallest absolute Gasteiger partial charge is 0.0443 e. The van der Waals surface area contributed by atoms with Gasteiger partial charge in [-0.1, -0.05) is 50.1 Å². The van der Waals surface area contributed by atoms with Gasteiger partial charge >= 0.3 is 0 Å². The Hall–Kier alpha value is -1.76. The summed E-state index contributed by atoms with van der Waals surface area (Å²) in [6.07, 6.45) is 5.09. The largest absolute Gasteiger partial charge is 0.355 e. The molecule has 2 aromatic carbocycles. The molecule has 0 spiro atoms. The zero-order chi connectivity index (χ0) is 14.4. The van der Waals surface area contributed by atoms with Gasteiger partial charge in [0.2, 0.25) is 0 Å². The Morgan fingerprint density at radius 3 is 2.10 bits per heavy atom. The lowest BCUT2D eigenvalue weighted by Gasteiger charge is -2.13. The first-order valence-corrected chi connectivity index (χ1v) is 7.63. The van der Waals surface area contributed by atoms with E-state index >= 15 is 0 Å². The van der Waals surface area contributed by atoms with E-state index < -0.39 is 0 Å². The summed E-state index contributed by atoms with van der Waals surface area (Å²) < 4.78 is 0. The fraction of sp³-hybridized carbons (Fsp3) is 0.368. The minimum Gasteiger partial charge on any atom is -0.355 e. The van der Waals surface area contributed by atoms with Crippen LogP contribution in [0.4, 0.5) is 11.4 Å². The first kappa shape index (κ1) is 14.6. The molecule has 0 radical (unpaired) electrons. The number of benzene rings is 2. The molecule has 2 aromatic rings. The summed E-state index contributed by atoms with van der Waals surface area (Å²) in [5.74, 6) is 0. The van der Waals surface area contributed by atoms with Crippen LogP contribution in [0.5, 0.6) is 0 Å². The molecular formula is C19H25N. The molecule has 0 aliphatic carbocycles. The number of para-hydroxylation sites is 1. The third kappa shape index (κ3) is 3.86. The molecule has 0 fully saturated rings. The quantitative estimate of drug-likeness (QED) is 0.654. The van der Waals surface area contributed by atoms with Crippen LogP contribution in [-0.2, 0) is 6.42 Å². The van der Waals surface area contributed by atoms with Crippen LogP contribution in [0, 0.1) is 13.8 Å². The molecule has 1 heteroatoms. The summed E-state index contributed by atoms with van der Waals surface area (Å²) in [5.41, 5.74) is 6.41. The van der Waals surface area contributed by atoms with Gasteiger partial charge < -0.3 is 5.32 Å². The van der Waals surface area contributed by atoms with E-state index in [0.717, 1.165) is 0 Å². The van der Waals surface area contributed by atoms with E-state index in [4.69, 9.17) is 0 Å². The number of anilines is 2. The van der Waals surface area contributed by atoms with E-state index in [-0.39, 0.29) is 0 Å². The van der Waals surface area contributed by atoms with E-state index in [9.17, 15) is 0 Å². The summed E-state index contributed by atoms with van der Waals surface area (Å²) in [5, 5.41) is 3.53. The number of nitrogens with one attached hydrogen (secondary N) is 1. The molecule has 0 aromatic heterocycles.